The van der Waals surface area contributed by atoms with Gasteiger partial charge in [0.2, 0.25) is 0 Å². The van der Waals surface area contributed by atoms with Crippen LogP contribution in [0.4, 0.5) is 0 Å². The van der Waals surface area contributed by atoms with Crippen LogP contribution >= 0.6 is 23.5 Å². The quantitative estimate of drug-likeness (QED) is 0.562. The average molecular weight is 184 g/mol. The summed E-state index contributed by atoms with van der Waals surface area (Å²) in [5.74, 6) is 1.11. The Morgan fingerprint density at radius 1 is 1.36 bits per heavy atom. The molecule has 1 heterocycles. The van der Waals surface area contributed by atoms with Crippen LogP contribution in [-0.4, -0.2) is 5.75 Å². The molecule has 0 saturated carbocycles. The highest BCUT2D eigenvalue weighted by Gasteiger charge is 1.91. The summed E-state index contributed by atoms with van der Waals surface area (Å²) >= 11 is 3.65. The van der Waals surface area contributed by atoms with Gasteiger partial charge in [-0.2, -0.15) is 0 Å². The molecular formula is C9H12S2. The fourth-order valence-electron chi connectivity index (χ4n) is 0.717. The van der Waals surface area contributed by atoms with Gasteiger partial charge in [0.1, 0.15) is 0 Å². The summed E-state index contributed by atoms with van der Waals surface area (Å²) in [6.07, 6.45) is 4.29. The molecule has 0 amide bonds. The zero-order valence-electron chi connectivity index (χ0n) is 6.83. The third-order valence-corrected chi connectivity index (χ3v) is 3.35. The van der Waals surface area contributed by atoms with Crippen LogP contribution in [0, 0.1) is 0 Å². The largest absolute Gasteiger partial charge is 0.129 e. The summed E-state index contributed by atoms with van der Waals surface area (Å²) in [5, 5.41) is 4.35. The lowest BCUT2D eigenvalue weighted by Crippen LogP contribution is -1.76. The van der Waals surface area contributed by atoms with Crippen LogP contribution in [0.1, 0.15) is 13.8 Å². The minimum Gasteiger partial charge on any atom is -0.129 e. The molecule has 60 valence electrons. The summed E-state index contributed by atoms with van der Waals surface area (Å²) < 4.78 is 0. The fourth-order valence-corrected chi connectivity index (χ4v) is 2.19. The monoisotopic (exact) mass is 184 g/mol. The van der Waals surface area contributed by atoms with Crippen LogP contribution < -0.4 is 0 Å². The van der Waals surface area contributed by atoms with Crippen molar-refractivity contribution in [2.24, 2.45) is 0 Å². The highest BCUT2D eigenvalue weighted by Crippen LogP contribution is 2.22. The highest BCUT2D eigenvalue weighted by atomic mass is 32.2. The number of thioether (sulfide) groups is 2. The zero-order chi connectivity index (χ0) is 8.10. The van der Waals surface area contributed by atoms with Crippen molar-refractivity contribution in [3.05, 3.63) is 33.4 Å². The zero-order valence-corrected chi connectivity index (χ0v) is 8.47. The van der Waals surface area contributed by atoms with Gasteiger partial charge in [0.25, 0.3) is 0 Å². The van der Waals surface area contributed by atoms with Crippen LogP contribution in [0.25, 0.3) is 0 Å². The molecule has 0 spiro atoms. The van der Waals surface area contributed by atoms with Gasteiger partial charge in [-0.15, -0.1) is 23.5 Å². The van der Waals surface area contributed by atoms with Crippen molar-refractivity contribution < 1.29 is 0 Å². The van der Waals surface area contributed by atoms with Gasteiger partial charge in [0, 0.05) is 5.75 Å². The molecule has 0 bridgehead atoms. The van der Waals surface area contributed by atoms with Crippen molar-refractivity contribution in [2.45, 2.75) is 13.8 Å². The van der Waals surface area contributed by atoms with Crippen molar-refractivity contribution in [1.82, 2.24) is 0 Å². The Labute approximate surface area is 76.8 Å². The van der Waals surface area contributed by atoms with Gasteiger partial charge in [-0.1, -0.05) is 17.7 Å². The molecule has 1 aliphatic rings. The Balaban J connectivity index is 2.63. The molecule has 0 atom stereocenters. The number of rotatable bonds is 0. The first-order valence-electron chi connectivity index (χ1n) is 3.56. The maximum atomic E-state index is 2.22. The topological polar surface area (TPSA) is 0 Å². The Bertz CT molecular complexity index is 212. The van der Waals surface area contributed by atoms with Crippen LogP contribution in [-0.2, 0) is 0 Å². The molecule has 1 aliphatic heterocycles. The predicted octanol–water partition coefficient (Wildman–Crippen LogP) is 3.79. The molecule has 0 N–H and O–H groups in total. The Morgan fingerprint density at radius 3 is 3.00 bits per heavy atom. The second-order valence-corrected chi connectivity index (χ2v) is 4.51. The summed E-state index contributed by atoms with van der Waals surface area (Å²) in [5.41, 5.74) is 1.43. The van der Waals surface area contributed by atoms with Gasteiger partial charge < -0.3 is 0 Å². The molecule has 0 nitrogen and oxygen atoms in total. The minimum atomic E-state index is 1.11. The molecule has 11 heavy (non-hydrogen) atoms. The van der Waals surface area contributed by atoms with E-state index in [9.17, 15) is 0 Å². The molecule has 0 aromatic heterocycles. The first kappa shape index (κ1) is 9.01. The van der Waals surface area contributed by atoms with Crippen molar-refractivity contribution in [1.29, 1.82) is 0 Å². The van der Waals surface area contributed by atoms with Crippen LogP contribution in [0.5, 0.6) is 0 Å². The van der Waals surface area contributed by atoms with Gasteiger partial charge in [-0.05, 0) is 29.6 Å². The van der Waals surface area contributed by atoms with E-state index in [1.807, 2.05) is 11.8 Å². The number of hydrogen-bond donors (Lipinski definition) is 0. The van der Waals surface area contributed by atoms with E-state index in [4.69, 9.17) is 0 Å². The SMILES string of the molecule is CC1=CC=CSC(C)=CSC1. The molecule has 0 radical (unpaired) electrons. The van der Waals surface area contributed by atoms with Crippen LogP contribution in [0.2, 0.25) is 0 Å². The van der Waals surface area contributed by atoms with E-state index in [-0.39, 0.29) is 0 Å². The van der Waals surface area contributed by atoms with Gasteiger partial charge >= 0.3 is 0 Å². The molecule has 0 aliphatic carbocycles. The van der Waals surface area contributed by atoms with Crippen LogP contribution in [0.3, 0.4) is 0 Å². The van der Waals surface area contributed by atoms with E-state index in [1.165, 1.54) is 10.5 Å². The first-order valence-corrected chi connectivity index (χ1v) is 5.49. The van der Waals surface area contributed by atoms with Gasteiger partial charge in [0.15, 0.2) is 0 Å². The molecule has 0 unspecified atom stereocenters. The van der Waals surface area contributed by atoms with Gasteiger partial charge in [0.05, 0.1) is 0 Å². The smallest absolute Gasteiger partial charge is 0.0185 e. The Morgan fingerprint density at radius 2 is 2.18 bits per heavy atom. The van der Waals surface area contributed by atoms with E-state index in [0.29, 0.717) is 0 Å². The Kier molecular flexibility index (Phi) is 3.87. The second-order valence-electron chi connectivity index (χ2n) is 2.50. The summed E-state index contributed by atoms with van der Waals surface area (Å²) in [7, 11) is 0. The highest BCUT2D eigenvalue weighted by molar-refractivity contribution is 8.07. The van der Waals surface area contributed by atoms with E-state index >= 15 is 0 Å². The van der Waals surface area contributed by atoms with Gasteiger partial charge in [-0.3, -0.25) is 0 Å². The van der Waals surface area contributed by atoms with E-state index in [2.05, 4.69) is 36.8 Å². The lowest BCUT2D eigenvalue weighted by atomic mass is 10.3. The second kappa shape index (κ2) is 4.73. The lowest BCUT2D eigenvalue weighted by molar-refractivity contribution is 1.41. The van der Waals surface area contributed by atoms with Gasteiger partial charge in [-0.25, -0.2) is 0 Å². The van der Waals surface area contributed by atoms with E-state index < -0.39 is 0 Å². The maximum Gasteiger partial charge on any atom is 0.0185 e. The number of allylic oxidation sites excluding steroid dienone is 3. The Hall–Kier alpha value is -0.0800. The average Bonchev–Trinajstić information content (AvgIpc) is 2.04. The third-order valence-electron chi connectivity index (χ3n) is 1.27. The lowest BCUT2D eigenvalue weighted by Gasteiger charge is -1.95. The molecule has 0 saturated heterocycles. The summed E-state index contributed by atoms with van der Waals surface area (Å²) in [4.78, 5) is 1.37. The molecule has 0 fully saturated rings. The normalized spacial score (nSPS) is 19.5. The van der Waals surface area contributed by atoms with Crippen LogP contribution in [0.15, 0.2) is 33.4 Å². The minimum absolute atomic E-state index is 1.11. The van der Waals surface area contributed by atoms with E-state index in [1.54, 1.807) is 11.8 Å². The number of hydrogen-bond acceptors (Lipinski definition) is 2. The molecular weight excluding hydrogens is 172 g/mol. The molecule has 0 aromatic carbocycles. The molecule has 2 heteroatoms. The fraction of sp³-hybridized carbons (Fsp3) is 0.333. The van der Waals surface area contributed by atoms with Crippen molar-refractivity contribution >= 4 is 23.5 Å². The third kappa shape index (κ3) is 3.73. The van der Waals surface area contributed by atoms with Crippen molar-refractivity contribution in [3.63, 3.8) is 0 Å². The molecule has 0 aromatic rings. The van der Waals surface area contributed by atoms with Crippen molar-refractivity contribution in [2.75, 3.05) is 5.75 Å². The standard InChI is InChI=1S/C9H12S2/c1-8-4-3-5-11-9(2)7-10-6-8/h3-5,7H,6H2,1-2H3. The predicted molar refractivity (Wildman–Crippen MR) is 56.7 cm³/mol. The maximum absolute atomic E-state index is 2.22. The van der Waals surface area contributed by atoms with Crippen molar-refractivity contribution in [3.8, 4) is 0 Å². The summed E-state index contributed by atoms with van der Waals surface area (Å²) in [6, 6.07) is 0. The first-order chi connectivity index (χ1) is 5.29. The van der Waals surface area contributed by atoms with E-state index in [0.717, 1.165) is 5.75 Å². The summed E-state index contributed by atoms with van der Waals surface area (Å²) in [6.45, 7) is 4.30. The molecule has 1 rings (SSSR count).